The highest BCUT2D eigenvalue weighted by Gasteiger charge is 2.29. The van der Waals surface area contributed by atoms with Gasteiger partial charge >= 0.3 is 5.82 Å². The van der Waals surface area contributed by atoms with Gasteiger partial charge in [0.05, 0.1) is 5.57 Å². The molecule has 0 bridgehead atoms. The van der Waals surface area contributed by atoms with Crippen LogP contribution in [0.3, 0.4) is 0 Å². The maximum Gasteiger partial charge on any atom is 0.522 e. The minimum atomic E-state index is -0.423. The van der Waals surface area contributed by atoms with E-state index in [-0.39, 0.29) is 24.2 Å². The zero-order valence-corrected chi connectivity index (χ0v) is 18.7. The van der Waals surface area contributed by atoms with Crippen molar-refractivity contribution in [2.45, 2.75) is 12.8 Å². The van der Waals surface area contributed by atoms with Crippen LogP contribution in [0.2, 0.25) is 0 Å². The fraction of sp³-hybridized carbons (Fsp3) is 0.0667. The van der Waals surface area contributed by atoms with Crippen LogP contribution in [-0.4, -0.2) is 0 Å². The average Bonchev–Trinajstić information content (AvgIpc) is 3.49. The molecule has 0 saturated carbocycles. The number of hydrogen-bond donors (Lipinski definition) is 0. The van der Waals surface area contributed by atoms with Crippen molar-refractivity contribution in [1.29, 1.82) is 10.5 Å². The molecule has 0 aromatic heterocycles. The zero-order valence-electron chi connectivity index (χ0n) is 18.7. The first-order chi connectivity index (χ1) is 17.5. The molecule has 5 rings (SSSR count). The van der Waals surface area contributed by atoms with Crippen LogP contribution in [-0.2, 0) is 12.8 Å². The molecule has 2 aliphatic rings. The van der Waals surface area contributed by atoms with Crippen molar-refractivity contribution in [1.82, 2.24) is 0 Å². The lowest BCUT2D eigenvalue weighted by Crippen LogP contribution is -2.22. The second kappa shape index (κ2) is 8.81. The summed E-state index contributed by atoms with van der Waals surface area (Å²) in [6.07, 6.45) is 4.08. The van der Waals surface area contributed by atoms with Crippen molar-refractivity contribution in [3.05, 3.63) is 127 Å². The molecule has 0 spiro atoms. The second-order valence-corrected chi connectivity index (χ2v) is 8.39. The van der Waals surface area contributed by atoms with Crippen LogP contribution in [0.4, 0.5) is 8.78 Å². The lowest BCUT2D eigenvalue weighted by Gasteiger charge is -2.16. The van der Waals surface area contributed by atoms with Gasteiger partial charge in [0.2, 0.25) is 0 Å². The molecular weight excluding hydrogens is 454 g/mol. The van der Waals surface area contributed by atoms with Gasteiger partial charge in [-0.3, -0.25) is 0 Å². The van der Waals surface area contributed by atoms with Crippen molar-refractivity contribution in [2.75, 3.05) is 0 Å². The van der Waals surface area contributed by atoms with E-state index in [0.717, 1.165) is 21.6 Å². The summed E-state index contributed by atoms with van der Waals surface area (Å²) >= 11 is 0. The van der Waals surface area contributed by atoms with Crippen LogP contribution in [0.15, 0.2) is 71.1 Å². The van der Waals surface area contributed by atoms with Crippen molar-refractivity contribution < 1.29 is 8.78 Å². The van der Waals surface area contributed by atoms with Gasteiger partial charge in [-0.05, 0) is 86.2 Å². The maximum absolute atomic E-state index is 14.3. The molecular formula is C30H14F2N4. The van der Waals surface area contributed by atoms with Crippen molar-refractivity contribution in [2.24, 2.45) is 0 Å². The molecule has 0 N–H and O–H groups in total. The Morgan fingerprint density at radius 2 is 1.22 bits per heavy atom. The van der Waals surface area contributed by atoms with Gasteiger partial charge in [0.15, 0.2) is 0 Å². The minimum absolute atomic E-state index is 0.0189. The topological polar surface area (TPSA) is 56.3 Å². The molecule has 0 radical (unpaired) electrons. The van der Waals surface area contributed by atoms with Gasteiger partial charge in [0.1, 0.15) is 42.5 Å². The highest BCUT2D eigenvalue weighted by Crippen LogP contribution is 2.35. The predicted octanol–water partition coefficient (Wildman–Crippen LogP) is 5.37. The first kappa shape index (κ1) is 22.5. The molecule has 168 valence electrons. The molecule has 0 amide bonds. The van der Waals surface area contributed by atoms with Gasteiger partial charge in [0.25, 0.3) is 0 Å². The molecule has 2 aliphatic carbocycles. The van der Waals surface area contributed by atoms with E-state index in [0.29, 0.717) is 33.4 Å². The number of nitrogens with zero attached hydrogens (tertiary/aromatic N) is 4. The lowest BCUT2D eigenvalue weighted by molar-refractivity contribution is 0.628. The molecule has 0 aliphatic heterocycles. The molecule has 0 saturated heterocycles. The van der Waals surface area contributed by atoms with Crippen LogP contribution in [0.25, 0.3) is 44.1 Å². The Morgan fingerprint density at radius 3 is 1.67 bits per heavy atom. The van der Waals surface area contributed by atoms with Gasteiger partial charge in [-0.1, -0.05) is 30.3 Å². The number of allylic oxidation sites excluding steroid dienone is 3. The first-order valence-electron chi connectivity index (χ1n) is 10.9. The second-order valence-electron chi connectivity index (χ2n) is 8.39. The summed E-state index contributed by atoms with van der Waals surface area (Å²) in [5, 5.41) is 20.5. The van der Waals surface area contributed by atoms with Crippen LogP contribution >= 0.6 is 0 Å². The van der Waals surface area contributed by atoms with Crippen molar-refractivity contribution in [3.8, 4) is 34.4 Å². The van der Waals surface area contributed by atoms with E-state index in [4.69, 9.17) is 13.1 Å². The summed E-state index contributed by atoms with van der Waals surface area (Å²) in [5.41, 5.74) is 5.25. The SMILES string of the molecule is [C-]#[N+]C([N+]#[C-])=C1C=c2c(c(-c3cccc(F)c3)c3c(c2-c2cccc(F)c2)CC(=C(C#N)C#N)C=3)C1. The number of nitriles is 2. The fourth-order valence-corrected chi connectivity index (χ4v) is 5.00. The van der Waals surface area contributed by atoms with Crippen LogP contribution < -0.4 is 10.4 Å². The van der Waals surface area contributed by atoms with E-state index in [9.17, 15) is 19.3 Å². The maximum atomic E-state index is 14.3. The third-order valence-corrected chi connectivity index (χ3v) is 6.43. The normalized spacial score (nSPS) is 12.7. The molecule has 0 atom stereocenters. The van der Waals surface area contributed by atoms with E-state index in [1.54, 1.807) is 36.4 Å². The largest absolute Gasteiger partial charge is 0.522 e. The summed E-state index contributed by atoms with van der Waals surface area (Å²) in [6, 6.07) is 16.2. The fourth-order valence-electron chi connectivity index (χ4n) is 5.00. The Morgan fingerprint density at radius 1 is 0.750 bits per heavy atom. The van der Waals surface area contributed by atoms with E-state index >= 15 is 0 Å². The third-order valence-electron chi connectivity index (χ3n) is 6.43. The summed E-state index contributed by atoms with van der Waals surface area (Å²) < 4.78 is 28.7. The number of rotatable bonds is 2. The van der Waals surface area contributed by atoms with Crippen molar-refractivity contribution >= 4 is 12.2 Å². The van der Waals surface area contributed by atoms with Crippen molar-refractivity contribution in [3.63, 3.8) is 0 Å². The lowest BCUT2D eigenvalue weighted by atomic mass is 9.87. The van der Waals surface area contributed by atoms with Gasteiger partial charge in [-0.2, -0.15) is 20.2 Å². The Hall–Kier alpha value is -5.30. The predicted molar refractivity (Wildman–Crippen MR) is 131 cm³/mol. The monoisotopic (exact) mass is 468 g/mol. The summed E-state index contributed by atoms with van der Waals surface area (Å²) in [5.74, 6) is -0.899. The van der Waals surface area contributed by atoms with E-state index in [2.05, 4.69) is 9.69 Å². The summed E-state index contributed by atoms with van der Waals surface area (Å²) in [7, 11) is 0. The Bertz CT molecular complexity index is 1680. The van der Waals surface area contributed by atoms with Gasteiger partial charge in [-0.25, -0.2) is 8.78 Å². The van der Waals surface area contributed by atoms with E-state index < -0.39 is 11.6 Å². The molecule has 0 unspecified atom stereocenters. The molecule has 36 heavy (non-hydrogen) atoms. The first-order valence-corrected chi connectivity index (χ1v) is 10.9. The Labute approximate surface area is 205 Å². The molecule has 0 heterocycles. The number of benzene rings is 3. The summed E-state index contributed by atoms with van der Waals surface area (Å²) in [4.78, 5) is 6.76. The van der Waals surface area contributed by atoms with Crippen LogP contribution in [0, 0.1) is 47.4 Å². The highest BCUT2D eigenvalue weighted by atomic mass is 19.1. The zero-order chi connectivity index (χ0) is 25.4. The summed E-state index contributed by atoms with van der Waals surface area (Å²) in [6.45, 7) is 14.9. The molecule has 6 heteroatoms. The van der Waals surface area contributed by atoms with E-state index in [1.807, 2.05) is 12.1 Å². The average molecular weight is 468 g/mol. The number of halogens is 2. The Kier molecular flexibility index (Phi) is 5.50. The minimum Gasteiger partial charge on any atom is -0.207 e. The molecule has 3 aromatic rings. The van der Waals surface area contributed by atoms with Gasteiger partial charge in [0, 0.05) is 6.42 Å². The molecule has 0 fully saturated rings. The highest BCUT2D eigenvalue weighted by molar-refractivity contribution is 5.87. The standard InChI is InChI=1S/C30H14F2N4/c1-35-30(36-2)20-13-26-27(14-20)29(18-6-4-8-23(32)10-18)25-12-19(21(15-33)16-34)11-24(25)28(26)17-5-3-7-22(31)9-17/h3-11,14H,12-13H2. The van der Waals surface area contributed by atoms with Gasteiger partial charge < -0.3 is 0 Å². The smallest absolute Gasteiger partial charge is 0.207 e. The Balaban J connectivity index is 1.99. The van der Waals surface area contributed by atoms with E-state index in [1.165, 1.54) is 24.3 Å². The number of hydrogen-bond acceptors (Lipinski definition) is 2. The molecule has 3 aromatic carbocycles. The quantitative estimate of drug-likeness (QED) is 0.375. The van der Waals surface area contributed by atoms with Crippen LogP contribution in [0.5, 0.6) is 0 Å². The van der Waals surface area contributed by atoms with Crippen LogP contribution in [0.1, 0.15) is 11.1 Å². The number of fused-ring (bicyclic) bond motifs is 2. The third kappa shape index (κ3) is 3.56. The van der Waals surface area contributed by atoms with Gasteiger partial charge in [-0.15, -0.1) is 0 Å². The molecule has 4 nitrogen and oxygen atoms in total.